The van der Waals surface area contributed by atoms with Gasteiger partial charge in [-0.1, -0.05) is 11.6 Å². The molecule has 0 radical (unpaired) electrons. The van der Waals surface area contributed by atoms with Crippen LogP contribution in [-0.2, 0) is 9.59 Å². The van der Waals surface area contributed by atoms with Crippen LogP contribution >= 0.6 is 23.4 Å². The van der Waals surface area contributed by atoms with Gasteiger partial charge in [0.05, 0.1) is 31.8 Å². The van der Waals surface area contributed by atoms with Crippen molar-refractivity contribution in [1.82, 2.24) is 5.32 Å². The molecule has 8 heteroatoms. The summed E-state index contributed by atoms with van der Waals surface area (Å²) in [6.07, 6.45) is 0. The molecule has 0 heterocycles. The first-order valence-corrected chi connectivity index (χ1v) is 10.1. The highest BCUT2D eigenvalue weighted by molar-refractivity contribution is 8.00. The zero-order valence-electron chi connectivity index (χ0n) is 16.0. The van der Waals surface area contributed by atoms with Crippen LogP contribution in [0.3, 0.4) is 0 Å². The van der Waals surface area contributed by atoms with Gasteiger partial charge in [-0.15, -0.1) is 11.8 Å². The highest BCUT2D eigenvalue weighted by Gasteiger charge is 2.15. The number of ether oxygens (including phenoxy) is 2. The van der Waals surface area contributed by atoms with Crippen LogP contribution in [0.2, 0.25) is 5.02 Å². The van der Waals surface area contributed by atoms with Crippen molar-refractivity contribution in [3.8, 4) is 11.5 Å². The van der Waals surface area contributed by atoms with Gasteiger partial charge in [0.15, 0.2) is 0 Å². The third-order valence-corrected chi connectivity index (χ3v) is 5.06. The molecule has 6 nitrogen and oxygen atoms in total. The third kappa shape index (κ3) is 6.65. The number of hydrogen-bond donors (Lipinski definition) is 2. The van der Waals surface area contributed by atoms with E-state index in [0.717, 1.165) is 5.56 Å². The van der Waals surface area contributed by atoms with E-state index in [-0.39, 0.29) is 29.4 Å². The zero-order valence-corrected chi connectivity index (χ0v) is 17.5. The fourth-order valence-electron chi connectivity index (χ4n) is 2.51. The molecule has 0 aromatic heterocycles. The van der Waals surface area contributed by atoms with Crippen molar-refractivity contribution in [3.05, 3.63) is 53.1 Å². The van der Waals surface area contributed by atoms with Gasteiger partial charge >= 0.3 is 0 Å². The summed E-state index contributed by atoms with van der Waals surface area (Å²) in [5.41, 5.74) is 1.49. The minimum Gasteiger partial charge on any atom is -0.497 e. The number of methoxy groups -OCH3 is 2. The molecular weight excluding hydrogens is 400 g/mol. The molecule has 0 aliphatic rings. The number of thioether (sulfide) groups is 1. The molecule has 0 saturated carbocycles. The van der Waals surface area contributed by atoms with Crippen LogP contribution in [0.15, 0.2) is 42.5 Å². The van der Waals surface area contributed by atoms with Crippen LogP contribution in [0.4, 0.5) is 5.69 Å². The van der Waals surface area contributed by atoms with Gasteiger partial charge in [0.25, 0.3) is 0 Å². The van der Waals surface area contributed by atoms with Crippen LogP contribution in [0.25, 0.3) is 0 Å². The Kier molecular flexibility index (Phi) is 8.47. The Morgan fingerprint density at radius 2 is 1.71 bits per heavy atom. The van der Waals surface area contributed by atoms with Gasteiger partial charge in [0.1, 0.15) is 11.5 Å². The Labute approximate surface area is 173 Å². The van der Waals surface area contributed by atoms with E-state index in [2.05, 4.69) is 10.6 Å². The topological polar surface area (TPSA) is 76.7 Å². The summed E-state index contributed by atoms with van der Waals surface area (Å²) in [6, 6.07) is 12.0. The highest BCUT2D eigenvalue weighted by Crippen LogP contribution is 2.29. The second-order valence-corrected chi connectivity index (χ2v) is 7.37. The van der Waals surface area contributed by atoms with Crippen LogP contribution < -0.4 is 20.1 Å². The molecule has 1 atom stereocenters. The van der Waals surface area contributed by atoms with E-state index in [1.807, 2.05) is 13.0 Å². The fourth-order valence-corrected chi connectivity index (χ4v) is 3.26. The number of carbonyl (C=O) groups is 2. The first-order valence-electron chi connectivity index (χ1n) is 8.57. The first kappa shape index (κ1) is 21.9. The number of benzene rings is 2. The number of nitrogens with one attached hydrogen (secondary N) is 2. The van der Waals surface area contributed by atoms with Crippen molar-refractivity contribution in [1.29, 1.82) is 0 Å². The maximum Gasteiger partial charge on any atom is 0.234 e. The lowest BCUT2D eigenvalue weighted by atomic mass is 10.1. The summed E-state index contributed by atoms with van der Waals surface area (Å²) in [7, 11) is 3.16. The minimum absolute atomic E-state index is 0.165. The van der Waals surface area contributed by atoms with Crippen molar-refractivity contribution in [2.24, 2.45) is 0 Å². The fraction of sp³-hybridized carbons (Fsp3) is 0.300. The molecule has 0 aliphatic carbocycles. The molecule has 0 fully saturated rings. The highest BCUT2D eigenvalue weighted by atomic mass is 35.5. The average molecular weight is 423 g/mol. The lowest BCUT2D eigenvalue weighted by Crippen LogP contribution is -2.29. The second kappa shape index (κ2) is 10.8. The normalized spacial score (nSPS) is 11.4. The van der Waals surface area contributed by atoms with E-state index in [1.54, 1.807) is 50.6 Å². The molecule has 2 aromatic rings. The summed E-state index contributed by atoms with van der Waals surface area (Å²) in [5.74, 6) is 1.36. The second-order valence-electron chi connectivity index (χ2n) is 5.94. The van der Waals surface area contributed by atoms with Crippen LogP contribution in [0, 0.1) is 0 Å². The summed E-state index contributed by atoms with van der Waals surface area (Å²) in [6.45, 7) is 1.87. The monoisotopic (exact) mass is 422 g/mol. The molecule has 2 N–H and O–H groups in total. The Hall–Kier alpha value is -2.38. The quantitative estimate of drug-likeness (QED) is 0.640. The summed E-state index contributed by atoms with van der Waals surface area (Å²) in [5, 5.41) is 6.27. The van der Waals surface area contributed by atoms with Crippen molar-refractivity contribution in [3.63, 3.8) is 0 Å². The molecule has 2 amide bonds. The number of anilines is 1. The lowest BCUT2D eigenvalue weighted by molar-refractivity contribution is -0.119. The standard InChI is InChI=1S/C20H23ClN2O4S/c1-13(17-10-16(26-2)8-9-18(17)27-3)22-19(24)11-28-12-20(25)23-15-6-4-14(21)5-7-15/h4-10,13H,11-12H2,1-3H3,(H,22,24)(H,23,25)/t13-/m1/s1. The molecule has 0 spiro atoms. The zero-order chi connectivity index (χ0) is 20.5. The van der Waals surface area contributed by atoms with Gasteiger partial charge in [-0.2, -0.15) is 0 Å². The molecule has 150 valence electrons. The van der Waals surface area contributed by atoms with Gasteiger partial charge in [0, 0.05) is 16.3 Å². The molecule has 2 rings (SSSR count). The molecule has 0 aliphatic heterocycles. The molecule has 0 unspecified atom stereocenters. The number of rotatable bonds is 9. The van der Waals surface area contributed by atoms with Gasteiger partial charge in [-0.05, 0) is 49.4 Å². The maximum atomic E-state index is 12.2. The molecule has 0 saturated heterocycles. The van der Waals surface area contributed by atoms with Crippen molar-refractivity contribution < 1.29 is 19.1 Å². The molecule has 2 aromatic carbocycles. The third-order valence-electron chi connectivity index (χ3n) is 3.88. The van der Waals surface area contributed by atoms with Crippen molar-refractivity contribution in [2.75, 3.05) is 31.0 Å². The molecular formula is C20H23ClN2O4S. The number of carbonyl (C=O) groups excluding carboxylic acids is 2. The van der Waals surface area contributed by atoms with Crippen molar-refractivity contribution >= 4 is 40.9 Å². The summed E-state index contributed by atoms with van der Waals surface area (Å²) in [4.78, 5) is 24.2. The summed E-state index contributed by atoms with van der Waals surface area (Å²) >= 11 is 7.05. The maximum absolute atomic E-state index is 12.2. The number of amides is 2. The van der Waals surface area contributed by atoms with E-state index in [9.17, 15) is 9.59 Å². The first-order chi connectivity index (χ1) is 13.4. The van der Waals surface area contributed by atoms with Gasteiger partial charge in [-0.3, -0.25) is 9.59 Å². The Balaban J connectivity index is 1.80. The average Bonchev–Trinajstić information content (AvgIpc) is 2.69. The number of halogens is 1. The minimum atomic E-state index is -0.263. The lowest BCUT2D eigenvalue weighted by Gasteiger charge is -2.18. The number of hydrogen-bond acceptors (Lipinski definition) is 5. The SMILES string of the molecule is COc1ccc(OC)c([C@@H](C)NC(=O)CSCC(=O)Nc2ccc(Cl)cc2)c1. The van der Waals surface area contributed by atoms with Gasteiger partial charge < -0.3 is 20.1 Å². The van der Waals surface area contributed by atoms with Crippen LogP contribution in [-0.4, -0.2) is 37.5 Å². The van der Waals surface area contributed by atoms with E-state index < -0.39 is 0 Å². The molecule has 28 heavy (non-hydrogen) atoms. The predicted octanol–water partition coefficient (Wildman–Crippen LogP) is 3.91. The predicted molar refractivity (Wildman–Crippen MR) is 114 cm³/mol. The van der Waals surface area contributed by atoms with Crippen LogP contribution in [0.5, 0.6) is 11.5 Å². The Morgan fingerprint density at radius 3 is 2.36 bits per heavy atom. The Bertz CT molecular complexity index is 814. The Morgan fingerprint density at radius 1 is 1.04 bits per heavy atom. The smallest absolute Gasteiger partial charge is 0.234 e. The van der Waals surface area contributed by atoms with E-state index >= 15 is 0 Å². The van der Waals surface area contributed by atoms with E-state index in [1.165, 1.54) is 11.8 Å². The van der Waals surface area contributed by atoms with Crippen molar-refractivity contribution in [2.45, 2.75) is 13.0 Å². The summed E-state index contributed by atoms with van der Waals surface area (Å²) < 4.78 is 10.6. The van der Waals surface area contributed by atoms with E-state index in [0.29, 0.717) is 22.2 Å². The van der Waals surface area contributed by atoms with Crippen LogP contribution in [0.1, 0.15) is 18.5 Å². The van der Waals surface area contributed by atoms with Gasteiger partial charge in [0.2, 0.25) is 11.8 Å². The van der Waals surface area contributed by atoms with E-state index in [4.69, 9.17) is 21.1 Å². The van der Waals surface area contributed by atoms with Gasteiger partial charge in [-0.25, -0.2) is 0 Å². The molecule has 0 bridgehead atoms. The largest absolute Gasteiger partial charge is 0.497 e.